The van der Waals surface area contributed by atoms with E-state index in [-0.39, 0.29) is 0 Å². The molecule has 1 N–H and O–H groups in total. The lowest BCUT2D eigenvalue weighted by Gasteiger charge is -2.42. The van der Waals surface area contributed by atoms with Gasteiger partial charge in [0.15, 0.2) is 0 Å². The Morgan fingerprint density at radius 1 is 1.05 bits per heavy atom. The standard InChI is InChI=1S/C16H35N3/c1-6-8-15(17-5)16(7-2)19-11-9-18(10-12-19)13-14(3)4/h14-17H,6-13H2,1-5H3. The normalized spacial score (nSPS) is 21.8. The van der Waals surface area contributed by atoms with Gasteiger partial charge in [-0.3, -0.25) is 4.90 Å². The highest BCUT2D eigenvalue weighted by Gasteiger charge is 2.27. The van der Waals surface area contributed by atoms with Crippen LogP contribution in [0.5, 0.6) is 0 Å². The fourth-order valence-corrected chi connectivity index (χ4v) is 3.43. The van der Waals surface area contributed by atoms with Crippen LogP contribution in [-0.4, -0.2) is 61.7 Å². The van der Waals surface area contributed by atoms with E-state index in [2.05, 4.69) is 49.9 Å². The molecule has 0 aliphatic carbocycles. The van der Waals surface area contributed by atoms with Gasteiger partial charge in [-0.05, 0) is 25.8 Å². The van der Waals surface area contributed by atoms with E-state index < -0.39 is 0 Å². The van der Waals surface area contributed by atoms with Crippen LogP contribution < -0.4 is 5.32 Å². The largest absolute Gasteiger partial charge is 0.315 e. The van der Waals surface area contributed by atoms with Crippen LogP contribution in [0, 0.1) is 5.92 Å². The number of rotatable bonds is 8. The second-order valence-corrected chi connectivity index (χ2v) is 6.39. The second-order valence-electron chi connectivity index (χ2n) is 6.39. The zero-order valence-corrected chi connectivity index (χ0v) is 13.8. The van der Waals surface area contributed by atoms with Gasteiger partial charge in [0.25, 0.3) is 0 Å². The molecule has 0 saturated carbocycles. The molecule has 1 fully saturated rings. The van der Waals surface area contributed by atoms with Crippen molar-refractivity contribution in [3.05, 3.63) is 0 Å². The van der Waals surface area contributed by atoms with Crippen LogP contribution in [0.25, 0.3) is 0 Å². The zero-order valence-electron chi connectivity index (χ0n) is 13.8. The van der Waals surface area contributed by atoms with Crippen molar-refractivity contribution in [3.8, 4) is 0 Å². The molecule has 0 aromatic heterocycles. The molecule has 1 saturated heterocycles. The summed E-state index contributed by atoms with van der Waals surface area (Å²) in [5.74, 6) is 0.790. The van der Waals surface area contributed by atoms with Crippen LogP contribution in [0.1, 0.15) is 47.0 Å². The van der Waals surface area contributed by atoms with Crippen LogP contribution in [0.4, 0.5) is 0 Å². The monoisotopic (exact) mass is 269 g/mol. The Balaban J connectivity index is 2.46. The van der Waals surface area contributed by atoms with Crippen molar-refractivity contribution in [2.24, 2.45) is 5.92 Å². The predicted octanol–water partition coefficient (Wildman–Crippen LogP) is 2.43. The minimum absolute atomic E-state index is 0.659. The third kappa shape index (κ3) is 5.41. The van der Waals surface area contributed by atoms with Gasteiger partial charge in [0.2, 0.25) is 0 Å². The van der Waals surface area contributed by atoms with Gasteiger partial charge in [-0.15, -0.1) is 0 Å². The second kappa shape index (κ2) is 8.93. The lowest BCUT2D eigenvalue weighted by molar-refractivity contribution is 0.0703. The quantitative estimate of drug-likeness (QED) is 0.730. The molecule has 3 nitrogen and oxygen atoms in total. The lowest BCUT2D eigenvalue weighted by atomic mass is 9.98. The van der Waals surface area contributed by atoms with Gasteiger partial charge in [-0.1, -0.05) is 34.1 Å². The average Bonchev–Trinajstić information content (AvgIpc) is 2.39. The first kappa shape index (κ1) is 16.9. The van der Waals surface area contributed by atoms with Crippen LogP contribution in [0.2, 0.25) is 0 Å². The van der Waals surface area contributed by atoms with Gasteiger partial charge in [-0.25, -0.2) is 0 Å². The number of likely N-dealkylation sites (N-methyl/N-ethyl adjacent to an activating group) is 1. The highest BCUT2D eigenvalue weighted by atomic mass is 15.3. The molecule has 1 aliphatic rings. The highest BCUT2D eigenvalue weighted by Crippen LogP contribution is 2.16. The Hall–Kier alpha value is -0.120. The van der Waals surface area contributed by atoms with Crippen molar-refractivity contribution in [1.29, 1.82) is 0 Å². The van der Waals surface area contributed by atoms with Gasteiger partial charge in [0, 0.05) is 44.8 Å². The lowest BCUT2D eigenvalue weighted by Crippen LogP contribution is -2.56. The third-order valence-electron chi connectivity index (χ3n) is 4.35. The summed E-state index contributed by atoms with van der Waals surface area (Å²) in [4.78, 5) is 5.34. The van der Waals surface area contributed by atoms with E-state index in [1.165, 1.54) is 52.0 Å². The summed E-state index contributed by atoms with van der Waals surface area (Å²) in [6, 6.07) is 1.37. The van der Waals surface area contributed by atoms with Crippen molar-refractivity contribution in [2.45, 2.75) is 59.0 Å². The Labute approximate surface area is 120 Å². The summed E-state index contributed by atoms with van der Waals surface area (Å²) in [7, 11) is 2.12. The Morgan fingerprint density at radius 2 is 1.68 bits per heavy atom. The topological polar surface area (TPSA) is 18.5 Å². The van der Waals surface area contributed by atoms with E-state index in [1.807, 2.05) is 0 Å². The fourth-order valence-electron chi connectivity index (χ4n) is 3.43. The molecule has 1 aliphatic heterocycles. The molecule has 1 heterocycles. The van der Waals surface area contributed by atoms with Gasteiger partial charge in [0.1, 0.15) is 0 Å². The van der Waals surface area contributed by atoms with E-state index in [4.69, 9.17) is 0 Å². The van der Waals surface area contributed by atoms with Crippen LogP contribution in [0.15, 0.2) is 0 Å². The maximum Gasteiger partial charge on any atom is 0.0247 e. The van der Waals surface area contributed by atoms with Crippen LogP contribution in [-0.2, 0) is 0 Å². The molecule has 0 aromatic rings. The number of nitrogens with zero attached hydrogens (tertiary/aromatic N) is 2. The molecule has 0 radical (unpaired) electrons. The van der Waals surface area contributed by atoms with Crippen molar-refractivity contribution in [1.82, 2.24) is 15.1 Å². The summed E-state index contributed by atoms with van der Waals surface area (Å²) < 4.78 is 0. The summed E-state index contributed by atoms with van der Waals surface area (Å²) in [5.41, 5.74) is 0. The van der Waals surface area contributed by atoms with E-state index in [0.29, 0.717) is 12.1 Å². The predicted molar refractivity (Wildman–Crippen MR) is 84.7 cm³/mol. The summed E-state index contributed by atoms with van der Waals surface area (Å²) >= 11 is 0. The maximum absolute atomic E-state index is 3.54. The molecule has 0 spiro atoms. The van der Waals surface area contributed by atoms with E-state index in [9.17, 15) is 0 Å². The number of hydrogen-bond donors (Lipinski definition) is 1. The molecule has 2 unspecified atom stereocenters. The number of hydrogen-bond acceptors (Lipinski definition) is 3. The van der Waals surface area contributed by atoms with Gasteiger partial charge < -0.3 is 10.2 Å². The van der Waals surface area contributed by atoms with Gasteiger partial charge in [0.05, 0.1) is 0 Å². The molecular weight excluding hydrogens is 234 g/mol. The van der Waals surface area contributed by atoms with Crippen molar-refractivity contribution >= 4 is 0 Å². The van der Waals surface area contributed by atoms with Crippen molar-refractivity contribution < 1.29 is 0 Å². The number of piperazine rings is 1. The van der Waals surface area contributed by atoms with Gasteiger partial charge >= 0.3 is 0 Å². The molecule has 114 valence electrons. The molecule has 2 atom stereocenters. The summed E-state index contributed by atoms with van der Waals surface area (Å²) in [6.07, 6.45) is 3.83. The SMILES string of the molecule is CCCC(NC)C(CC)N1CCN(CC(C)C)CC1. The molecule has 19 heavy (non-hydrogen) atoms. The molecule has 1 rings (SSSR count). The molecule has 0 aromatic carbocycles. The highest BCUT2D eigenvalue weighted by molar-refractivity contribution is 4.86. The average molecular weight is 269 g/mol. The summed E-state index contributed by atoms with van der Waals surface area (Å²) in [6.45, 7) is 15.5. The molecule has 0 bridgehead atoms. The van der Waals surface area contributed by atoms with Crippen molar-refractivity contribution in [2.75, 3.05) is 39.8 Å². The minimum Gasteiger partial charge on any atom is -0.315 e. The van der Waals surface area contributed by atoms with E-state index in [0.717, 1.165) is 5.92 Å². The molecular formula is C16H35N3. The van der Waals surface area contributed by atoms with Crippen molar-refractivity contribution in [3.63, 3.8) is 0 Å². The minimum atomic E-state index is 0.659. The Morgan fingerprint density at radius 3 is 2.11 bits per heavy atom. The fraction of sp³-hybridized carbons (Fsp3) is 1.00. The van der Waals surface area contributed by atoms with E-state index >= 15 is 0 Å². The first-order valence-corrected chi connectivity index (χ1v) is 8.26. The number of nitrogens with one attached hydrogen (secondary N) is 1. The Bertz CT molecular complexity index is 222. The summed E-state index contributed by atoms with van der Waals surface area (Å²) in [5, 5.41) is 3.54. The first-order valence-electron chi connectivity index (χ1n) is 8.26. The maximum atomic E-state index is 3.54. The first-order chi connectivity index (χ1) is 9.12. The van der Waals surface area contributed by atoms with Crippen LogP contribution in [0.3, 0.4) is 0 Å². The smallest absolute Gasteiger partial charge is 0.0247 e. The van der Waals surface area contributed by atoms with Crippen LogP contribution >= 0.6 is 0 Å². The van der Waals surface area contributed by atoms with E-state index in [1.54, 1.807) is 0 Å². The molecule has 3 heteroatoms. The van der Waals surface area contributed by atoms with Gasteiger partial charge in [-0.2, -0.15) is 0 Å². The third-order valence-corrected chi connectivity index (χ3v) is 4.35. The molecule has 0 amide bonds. The Kier molecular flexibility index (Phi) is 7.96. The zero-order chi connectivity index (χ0) is 14.3.